The van der Waals surface area contributed by atoms with E-state index >= 15 is 0 Å². The topological polar surface area (TPSA) is 78.9 Å². The monoisotopic (exact) mass is 518 g/mol. The Morgan fingerprint density at radius 1 is 1.14 bits per heavy atom. The number of benzene rings is 3. The van der Waals surface area contributed by atoms with Crippen molar-refractivity contribution in [1.82, 2.24) is 5.01 Å². The van der Waals surface area contributed by atoms with Crippen LogP contribution in [-0.2, 0) is 15.0 Å². The third kappa shape index (κ3) is 3.78. The van der Waals surface area contributed by atoms with Gasteiger partial charge in [-0.3, -0.25) is 15.0 Å². The number of hydrogen-bond donors (Lipinski definition) is 2. The SMILES string of the molecule is C=CC1=CCC2C(=O)N(Nc3ccc(F)cc3)C(=O)C2(c2ccc(Cl)cc2)C1c1cccc(OC)c1O. The summed E-state index contributed by atoms with van der Waals surface area (Å²) in [5.74, 6) is -2.83. The van der Waals surface area contributed by atoms with Crippen LogP contribution in [0.1, 0.15) is 23.5 Å². The molecule has 3 aromatic carbocycles. The highest BCUT2D eigenvalue weighted by Gasteiger charge is 2.66. The second-order valence-electron chi connectivity index (χ2n) is 9.00. The summed E-state index contributed by atoms with van der Waals surface area (Å²) in [5, 5.41) is 12.7. The molecule has 3 atom stereocenters. The molecular formula is C29H24ClFN2O4. The Bertz CT molecular complexity index is 1420. The molecule has 5 rings (SSSR count). The minimum Gasteiger partial charge on any atom is -0.504 e. The number of nitrogens with one attached hydrogen (secondary N) is 1. The molecule has 0 radical (unpaired) electrons. The van der Waals surface area contributed by atoms with Gasteiger partial charge < -0.3 is 9.84 Å². The van der Waals surface area contributed by atoms with Gasteiger partial charge in [-0.2, -0.15) is 5.01 Å². The van der Waals surface area contributed by atoms with Gasteiger partial charge in [-0.1, -0.05) is 54.6 Å². The highest BCUT2D eigenvalue weighted by molar-refractivity contribution is 6.30. The van der Waals surface area contributed by atoms with E-state index in [2.05, 4.69) is 12.0 Å². The fourth-order valence-corrected chi connectivity index (χ4v) is 5.70. The maximum atomic E-state index is 14.5. The molecule has 2 N–H and O–H groups in total. The van der Waals surface area contributed by atoms with Crippen LogP contribution in [-0.4, -0.2) is 29.0 Å². The predicted octanol–water partition coefficient (Wildman–Crippen LogP) is 5.74. The van der Waals surface area contributed by atoms with Crippen LogP contribution in [0.15, 0.2) is 91.0 Å². The van der Waals surface area contributed by atoms with Gasteiger partial charge >= 0.3 is 0 Å². The first kappa shape index (κ1) is 24.6. The van der Waals surface area contributed by atoms with Crippen molar-refractivity contribution in [3.05, 3.63) is 113 Å². The fraction of sp³-hybridized carbons (Fsp3) is 0.172. The smallest absolute Gasteiger partial charge is 0.260 e. The van der Waals surface area contributed by atoms with Gasteiger partial charge in [-0.25, -0.2) is 4.39 Å². The number of phenolic OH excluding ortho intramolecular Hbond substituents is 1. The van der Waals surface area contributed by atoms with Crippen molar-refractivity contribution in [1.29, 1.82) is 0 Å². The number of phenols is 1. The number of nitrogens with zero attached hydrogens (tertiary/aromatic N) is 1. The van der Waals surface area contributed by atoms with Gasteiger partial charge in [0.15, 0.2) is 11.5 Å². The molecule has 6 nitrogen and oxygen atoms in total. The number of halogens is 2. The van der Waals surface area contributed by atoms with Gasteiger partial charge in [0.25, 0.3) is 11.8 Å². The summed E-state index contributed by atoms with van der Waals surface area (Å²) in [6.45, 7) is 3.96. The first-order valence-electron chi connectivity index (χ1n) is 11.7. The maximum Gasteiger partial charge on any atom is 0.260 e. The lowest BCUT2D eigenvalue weighted by atomic mass is 9.56. The van der Waals surface area contributed by atoms with E-state index in [0.717, 1.165) is 5.01 Å². The Labute approximate surface area is 218 Å². The van der Waals surface area contributed by atoms with Crippen LogP contribution in [0.2, 0.25) is 5.02 Å². The summed E-state index contributed by atoms with van der Waals surface area (Å²) in [6, 6.07) is 17.3. The molecule has 188 valence electrons. The molecule has 2 aliphatic rings. The third-order valence-corrected chi connectivity index (χ3v) is 7.46. The van der Waals surface area contributed by atoms with Gasteiger partial charge in [-0.15, -0.1) is 0 Å². The Hall–Kier alpha value is -4.10. The lowest BCUT2D eigenvalue weighted by Gasteiger charge is -2.43. The quantitative estimate of drug-likeness (QED) is 0.407. The number of rotatable bonds is 6. The summed E-state index contributed by atoms with van der Waals surface area (Å²) < 4.78 is 18.8. The van der Waals surface area contributed by atoms with Crippen molar-refractivity contribution in [3.8, 4) is 11.5 Å². The maximum absolute atomic E-state index is 14.5. The van der Waals surface area contributed by atoms with Crippen LogP contribution in [0.3, 0.4) is 0 Å². The number of hydrazine groups is 1. The number of anilines is 1. The van der Waals surface area contributed by atoms with Gasteiger partial charge in [0.05, 0.1) is 24.1 Å². The Morgan fingerprint density at radius 2 is 1.84 bits per heavy atom. The van der Waals surface area contributed by atoms with Gasteiger partial charge in [-0.05, 0) is 60.0 Å². The number of carbonyl (C=O) groups excluding carboxylic acids is 2. The number of hydrogen-bond acceptors (Lipinski definition) is 5. The van der Waals surface area contributed by atoms with E-state index in [1.165, 1.54) is 31.4 Å². The van der Waals surface area contributed by atoms with Crippen LogP contribution in [0, 0.1) is 11.7 Å². The van der Waals surface area contributed by atoms with Crippen LogP contribution >= 0.6 is 11.6 Å². The van der Waals surface area contributed by atoms with E-state index in [-0.39, 0.29) is 17.9 Å². The number of para-hydroxylation sites is 1. The normalized spacial score (nSPS) is 22.9. The lowest BCUT2D eigenvalue weighted by molar-refractivity contribution is -0.138. The van der Waals surface area contributed by atoms with Crippen LogP contribution in [0.4, 0.5) is 10.1 Å². The number of methoxy groups -OCH3 is 1. The van der Waals surface area contributed by atoms with E-state index in [1.807, 2.05) is 6.08 Å². The molecule has 1 saturated heterocycles. The summed E-state index contributed by atoms with van der Waals surface area (Å²) in [6.07, 6.45) is 3.80. The molecule has 0 spiro atoms. The molecule has 0 bridgehead atoms. The standard InChI is InChI=1S/C29H24ClFN2O4/c1-3-17-7-16-23-27(35)33(32-21-14-12-20(31)13-15-21)28(36)29(23,18-8-10-19(30)11-9-18)25(17)22-5-4-6-24(37-2)26(22)34/h3-15,23,25,32,34H,1,16H2,2H3. The third-order valence-electron chi connectivity index (χ3n) is 7.21. The molecule has 2 amide bonds. The van der Waals surface area contributed by atoms with Crippen molar-refractivity contribution in [2.45, 2.75) is 17.8 Å². The van der Waals surface area contributed by atoms with Crippen LogP contribution < -0.4 is 10.2 Å². The summed E-state index contributed by atoms with van der Waals surface area (Å²) in [5.41, 5.74) is 3.52. The second-order valence-corrected chi connectivity index (χ2v) is 9.44. The summed E-state index contributed by atoms with van der Waals surface area (Å²) >= 11 is 6.19. The van der Waals surface area contributed by atoms with E-state index in [0.29, 0.717) is 27.4 Å². The van der Waals surface area contributed by atoms with E-state index in [4.69, 9.17) is 16.3 Å². The zero-order chi connectivity index (χ0) is 26.3. The molecule has 0 saturated carbocycles. The number of allylic oxidation sites excluding steroid dienone is 3. The average Bonchev–Trinajstić information content (AvgIpc) is 3.12. The second kappa shape index (κ2) is 9.41. The minimum absolute atomic E-state index is 0.123. The number of ether oxygens (including phenoxy) is 1. The molecule has 0 aromatic heterocycles. The molecule has 1 aliphatic heterocycles. The molecule has 37 heavy (non-hydrogen) atoms. The Kier molecular flexibility index (Phi) is 6.25. The Morgan fingerprint density at radius 3 is 2.49 bits per heavy atom. The highest BCUT2D eigenvalue weighted by atomic mass is 35.5. The predicted molar refractivity (Wildman–Crippen MR) is 139 cm³/mol. The summed E-state index contributed by atoms with van der Waals surface area (Å²) in [7, 11) is 1.44. The van der Waals surface area contributed by atoms with Gasteiger partial charge in [0, 0.05) is 16.5 Å². The number of fused-ring (bicyclic) bond motifs is 1. The number of amides is 2. The zero-order valence-corrected chi connectivity index (χ0v) is 20.7. The number of carbonyl (C=O) groups is 2. The van der Waals surface area contributed by atoms with Gasteiger partial charge in [0.1, 0.15) is 5.82 Å². The molecule has 8 heteroatoms. The Balaban J connectivity index is 1.76. The highest BCUT2D eigenvalue weighted by Crippen LogP contribution is 2.59. The van der Waals surface area contributed by atoms with Crippen LogP contribution in [0.25, 0.3) is 0 Å². The molecule has 3 unspecified atom stereocenters. The lowest BCUT2D eigenvalue weighted by Crippen LogP contribution is -2.48. The molecule has 1 aliphatic carbocycles. The number of aromatic hydroxyl groups is 1. The molecule has 1 heterocycles. The minimum atomic E-state index is -1.43. The first-order valence-corrected chi connectivity index (χ1v) is 12.1. The van der Waals surface area contributed by atoms with Crippen molar-refractivity contribution in [3.63, 3.8) is 0 Å². The van der Waals surface area contributed by atoms with Gasteiger partial charge in [0.2, 0.25) is 0 Å². The van der Waals surface area contributed by atoms with Crippen molar-refractivity contribution in [2.24, 2.45) is 5.92 Å². The zero-order valence-electron chi connectivity index (χ0n) is 19.9. The first-order chi connectivity index (χ1) is 17.8. The number of imide groups is 1. The van der Waals surface area contributed by atoms with Crippen molar-refractivity contribution >= 4 is 29.1 Å². The van der Waals surface area contributed by atoms with Crippen molar-refractivity contribution in [2.75, 3.05) is 12.5 Å². The molecular weight excluding hydrogens is 495 g/mol. The molecule has 1 fully saturated rings. The average molecular weight is 519 g/mol. The van der Waals surface area contributed by atoms with Crippen molar-refractivity contribution < 1.29 is 23.8 Å². The van der Waals surface area contributed by atoms with E-state index < -0.39 is 34.9 Å². The van der Waals surface area contributed by atoms with Crippen LogP contribution in [0.5, 0.6) is 11.5 Å². The fourth-order valence-electron chi connectivity index (χ4n) is 5.57. The largest absolute Gasteiger partial charge is 0.504 e. The summed E-state index contributed by atoms with van der Waals surface area (Å²) in [4.78, 5) is 28.3. The molecule has 3 aromatic rings. The van der Waals surface area contributed by atoms with E-state index in [9.17, 15) is 19.1 Å². The van der Waals surface area contributed by atoms with E-state index in [1.54, 1.807) is 48.5 Å².